The number of fused-ring (bicyclic) bond motifs is 1. The Bertz CT molecular complexity index is 1070. The molecule has 1 N–H and O–H groups in total. The van der Waals surface area contributed by atoms with Gasteiger partial charge in [0, 0.05) is 36.5 Å². The highest BCUT2D eigenvalue weighted by Gasteiger charge is 2.23. The van der Waals surface area contributed by atoms with Crippen LogP contribution in [0.5, 0.6) is 5.75 Å². The number of hydrogen-bond donors (Lipinski definition) is 1. The number of rotatable bonds is 8. The molecule has 6 nitrogen and oxygen atoms in total. The van der Waals surface area contributed by atoms with E-state index >= 15 is 0 Å². The molecule has 2 heterocycles. The number of ether oxygens (including phenoxy) is 1. The number of carbonyl (C=O) groups is 1. The van der Waals surface area contributed by atoms with Crippen molar-refractivity contribution in [1.29, 1.82) is 0 Å². The number of aliphatic carboxylic acids is 1. The third kappa shape index (κ3) is 5.42. The van der Waals surface area contributed by atoms with Crippen LogP contribution < -0.4 is 4.74 Å². The molecule has 0 aliphatic carbocycles. The van der Waals surface area contributed by atoms with Gasteiger partial charge in [-0.15, -0.1) is 0 Å². The van der Waals surface area contributed by atoms with Gasteiger partial charge in [0.05, 0.1) is 5.69 Å². The van der Waals surface area contributed by atoms with E-state index in [9.17, 15) is 9.18 Å². The number of carboxylic acid groups (broad SMARTS) is 1. The van der Waals surface area contributed by atoms with E-state index in [0.717, 1.165) is 23.6 Å². The van der Waals surface area contributed by atoms with E-state index in [1.807, 2.05) is 12.1 Å². The maximum absolute atomic E-state index is 14.6. The van der Waals surface area contributed by atoms with Gasteiger partial charge in [-0.25, -0.2) is 9.37 Å². The van der Waals surface area contributed by atoms with Crippen molar-refractivity contribution in [2.75, 3.05) is 13.1 Å². The second-order valence-corrected chi connectivity index (χ2v) is 7.91. The van der Waals surface area contributed by atoms with Crippen LogP contribution in [-0.2, 0) is 24.4 Å². The van der Waals surface area contributed by atoms with Crippen LogP contribution in [0.2, 0.25) is 5.02 Å². The first-order valence-corrected chi connectivity index (χ1v) is 10.5. The van der Waals surface area contributed by atoms with Gasteiger partial charge < -0.3 is 14.3 Å². The van der Waals surface area contributed by atoms with E-state index in [1.54, 1.807) is 24.3 Å². The second kappa shape index (κ2) is 9.49. The molecule has 0 bridgehead atoms. The first-order valence-electron chi connectivity index (χ1n) is 10.1. The quantitative estimate of drug-likeness (QED) is 0.530. The van der Waals surface area contributed by atoms with Crippen LogP contribution in [0.25, 0.3) is 11.5 Å². The van der Waals surface area contributed by atoms with Gasteiger partial charge in [0.2, 0.25) is 5.89 Å². The summed E-state index contributed by atoms with van der Waals surface area (Å²) in [5.74, 6) is 0.0510. The number of halogens is 2. The number of benzene rings is 2. The third-order valence-electron chi connectivity index (χ3n) is 5.16. The summed E-state index contributed by atoms with van der Waals surface area (Å²) < 4.78 is 26.0. The Morgan fingerprint density at radius 1 is 1.26 bits per heavy atom. The summed E-state index contributed by atoms with van der Waals surface area (Å²) in [6, 6.07) is 11.8. The molecule has 0 unspecified atom stereocenters. The van der Waals surface area contributed by atoms with Crippen molar-refractivity contribution in [3.05, 3.63) is 70.3 Å². The first-order chi connectivity index (χ1) is 15.0. The number of oxazole rings is 1. The fourth-order valence-corrected chi connectivity index (χ4v) is 3.64. The summed E-state index contributed by atoms with van der Waals surface area (Å²) in [4.78, 5) is 17.4. The standard InChI is InChI=1S/C23H22ClFN2O4/c24-17-6-3-15(4-7-17)14-30-20-8-5-16(12-18(20)25)23-26-19-13-27(10-1-2-22(28)29)11-9-21(19)31-23/h3-8,12H,1-2,9-11,13-14H2,(H,28,29). The lowest BCUT2D eigenvalue weighted by atomic mass is 10.1. The summed E-state index contributed by atoms with van der Waals surface area (Å²) in [5, 5.41) is 9.42. The molecule has 162 valence electrons. The zero-order valence-electron chi connectivity index (χ0n) is 16.8. The molecule has 31 heavy (non-hydrogen) atoms. The fraction of sp³-hybridized carbons (Fsp3) is 0.304. The van der Waals surface area contributed by atoms with Gasteiger partial charge in [0.15, 0.2) is 11.6 Å². The van der Waals surface area contributed by atoms with Crippen LogP contribution in [-0.4, -0.2) is 34.0 Å². The largest absolute Gasteiger partial charge is 0.486 e. The summed E-state index contributed by atoms with van der Waals surface area (Å²) in [7, 11) is 0. The van der Waals surface area contributed by atoms with E-state index in [4.69, 9.17) is 25.9 Å². The van der Waals surface area contributed by atoms with Crippen molar-refractivity contribution in [1.82, 2.24) is 9.88 Å². The average molecular weight is 445 g/mol. The molecule has 3 aromatic rings. The minimum absolute atomic E-state index is 0.152. The minimum atomic E-state index is -0.788. The van der Waals surface area contributed by atoms with Gasteiger partial charge in [-0.1, -0.05) is 23.7 Å². The molecule has 1 aromatic heterocycles. The highest BCUT2D eigenvalue weighted by atomic mass is 35.5. The van der Waals surface area contributed by atoms with Crippen molar-refractivity contribution >= 4 is 17.6 Å². The number of hydrogen-bond acceptors (Lipinski definition) is 5. The molecule has 0 radical (unpaired) electrons. The van der Waals surface area contributed by atoms with Crippen LogP contribution in [0.15, 0.2) is 46.9 Å². The van der Waals surface area contributed by atoms with Gasteiger partial charge in [0.1, 0.15) is 12.4 Å². The predicted molar refractivity (Wildman–Crippen MR) is 114 cm³/mol. The topological polar surface area (TPSA) is 75.8 Å². The van der Waals surface area contributed by atoms with Gasteiger partial charge in [-0.2, -0.15) is 0 Å². The lowest BCUT2D eigenvalue weighted by Gasteiger charge is -2.24. The highest BCUT2D eigenvalue weighted by Crippen LogP contribution is 2.29. The van der Waals surface area contributed by atoms with Crippen LogP contribution in [0, 0.1) is 5.82 Å². The Kier molecular flexibility index (Phi) is 6.53. The maximum Gasteiger partial charge on any atom is 0.303 e. The molecule has 1 aliphatic rings. The van der Waals surface area contributed by atoms with Crippen LogP contribution in [0.3, 0.4) is 0 Å². The molecule has 0 fully saturated rings. The fourth-order valence-electron chi connectivity index (χ4n) is 3.51. The van der Waals surface area contributed by atoms with E-state index < -0.39 is 11.8 Å². The smallest absolute Gasteiger partial charge is 0.303 e. The Morgan fingerprint density at radius 2 is 2.06 bits per heavy atom. The maximum atomic E-state index is 14.6. The van der Waals surface area contributed by atoms with E-state index in [0.29, 0.717) is 42.4 Å². The van der Waals surface area contributed by atoms with Gasteiger partial charge >= 0.3 is 5.97 Å². The Morgan fingerprint density at radius 3 is 2.81 bits per heavy atom. The summed E-state index contributed by atoms with van der Waals surface area (Å²) in [6.45, 7) is 2.32. The number of nitrogens with zero attached hydrogens (tertiary/aromatic N) is 2. The zero-order valence-corrected chi connectivity index (χ0v) is 17.6. The van der Waals surface area contributed by atoms with Crippen LogP contribution >= 0.6 is 11.6 Å². The summed E-state index contributed by atoms with van der Waals surface area (Å²) >= 11 is 5.87. The first kappa shape index (κ1) is 21.3. The average Bonchev–Trinajstić information content (AvgIpc) is 3.17. The SMILES string of the molecule is O=C(O)CCCN1CCc2oc(-c3ccc(OCc4ccc(Cl)cc4)c(F)c3)nc2C1. The highest BCUT2D eigenvalue weighted by molar-refractivity contribution is 6.30. The Balaban J connectivity index is 1.40. The third-order valence-corrected chi connectivity index (χ3v) is 5.41. The second-order valence-electron chi connectivity index (χ2n) is 7.47. The van der Waals surface area contributed by atoms with E-state index in [1.165, 1.54) is 6.07 Å². The molecular weight excluding hydrogens is 423 g/mol. The van der Waals surface area contributed by atoms with Crippen molar-refractivity contribution in [3.8, 4) is 17.2 Å². The molecule has 0 saturated carbocycles. The van der Waals surface area contributed by atoms with Gasteiger partial charge in [0.25, 0.3) is 0 Å². The van der Waals surface area contributed by atoms with Gasteiger partial charge in [-0.05, 0) is 48.9 Å². The molecule has 8 heteroatoms. The lowest BCUT2D eigenvalue weighted by Crippen LogP contribution is -2.31. The van der Waals surface area contributed by atoms with Crippen molar-refractivity contribution in [2.45, 2.75) is 32.4 Å². The van der Waals surface area contributed by atoms with Crippen molar-refractivity contribution in [3.63, 3.8) is 0 Å². The number of carboxylic acids is 1. The van der Waals surface area contributed by atoms with E-state index in [2.05, 4.69) is 9.88 Å². The molecule has 0 spiro atoms. The van der Waals surface area contributed by atoms with Crippen molar-refractivity contribution < 1.29 is 23.4 Å². The molecule has 0 amide bonds. The minimum Gasteiger partial charge on any atom is -0.486 e. The molecule has 2 aromatic carbocycles. The molecule has 0 atom stereocenters. The van der Waals surface area contributed by atoms with E-state index in [-0.39, 0.29) is 18.8 Å². The lowest BCUT2D eigenvalue weighted by molar-refractivity contribution is -0.137. The van der Waals surface area contributed by atoms with Crippen molar-refractivity contribution in [2.24, 2.45) is 0 Å². The van der Waals surface area contributed by atoms with Crippen LogP contribution in [0.1, 0.15) is 29.9 Å². The zero-order chi connectivity index (χ0) is 21.8. The summed E-state index contributed by atoms with van der Waals surface area (Å²) in [6.07, 6.45) is 1.44. The predicted octanol–water partition coefficient (Wildman–Crippen LogP) is 4.94. The molecular formula is C23H22ClFN2O4. The number of aromatic nitrogens is 1. The molecule has 0 saturated heterocycles. The normalized spacial score (nSPS) is 13.7. The van der Waals surface area contributed by atoms with Gasteiger partial charge in [-0.3, -0.25) is 9.69 Å². The monoisotopic (exact) mass is 444 g/mol. The molecule has 4 rings (SSSR count). The van der Waals surface area contributed by atoms with Crippen LogP contribution in [0.4, 0.5) is 4.39 Å². The summed E-state index contributed by atoms with van der Waals surface area (Å²) in [5.41, 5.74) is 2.25. The molecule has 1 aliphatic heterocycles. The Labute approximate surface area is 184 Å². The Hall–Kier alpha value is -2.90.